The summed E-state index contributed by atoms with van der Waals surface area (Å²) in [5.74, 6) is -1.62. The second-order valence-electron chi connectivity index (χ2n) is 12.3. The molecular weight excluding hydrogens is 584 g/mol. The molecular formula is C35H46N6O5. The molecule has 2 aromatic carbocycles. The number of rotatable bonds is 12. The van der Waals surface area contributed by atoms with E-state index < -0.39 is 11.5 Å². The zero-order valence-electron chi connectivity index (χ0n) is 27.0. The van der Waals surface area contributed by atoms with Crippen LogP contribution in [0.5, 0.6) is 0 Å². The number of aromatic nitrogens is 1. The van der Waals surface area contributed by atoms with Crippen molar-refractivity contribution in [2.24, 2.45) is 7.05 Å². The lowest BCUT2D eigenvalue weighted by molar-refractivity contribution is -0.123. The Bertz CT molecular complexity index is 1590. The average Bonchev–Trinajstić information content (AvgIpc) is 3.41. The zero-order chi connectivity index (χ0) is 32.7. The third-order valence-electron chi connectivity index (χ3n) is 9.39. The third kappa shape index (κ3) is 7.14. The van der Waals surface area contributed by atoms with Gasteiger partial charge in [0, 0.05) is 48.8 Å². The van der Waals surface area contributed by atoms with Crippen molar-refractivity contribution in [1.82, 2.24) is 15.2 Å². The number of carbonyl (C=O) groups excluding carboxylic acids is 2. The number of nitrogens with one attached hydrogen (secondary N) is 4. The number of aryl methyl sites for hydroxylation is 1. The van der Waals surface area contributed by atoms with E-state index in [0.717, 1.165) is 42.7 Å². The maximum Gasteiger partial charge on any atom is 0.352 e. The number of hydrogen-bond acceptors (Lipinski definition) is 7. The predicted molar refractivity (Wildman–Crippen MR) is 182 cm³/mol. The van der Waals surface area contributed by atoms with Crippen molar-refractivity contribution in [2.75, 3.05) is 49.3 Å². The summed E-state index contributed by atoms with van der Waals surface area (Å²) in [6.45, 7) is 2.01. The Balaban J connectivity index is 1.36. The molecule has 1 aliphatic heterocycles. The van der Waals surface area contributed by atoms with Gasteiger partial charge in [0.2, 0.25) is 5.91 Å². The first-order chi connectivity index (χ1) is 22.3. The molecule has 11 heteroatoms. The summed E-state index contributed by atoms with van der Waals surface area (Å²) in [4.78, 5) is 41.7. The molecule has 1 saturated carbocycles. The molecule has 1 aliphatic carbocycles. The molecule has 246 valence electrons. The van der Waals surface area contributed by atoms with Crippen LogP contribution >= 0.6 is 0 Å². The third-order valence-corrected chi connectivity index (χ3v) is 9.39. The van der Waals surface area contributed by atoms with Crippen molar-refractivity contribution in [3.05, 3.63) is 66.1 Å². The van der Waals surface area contributed by atoms with Crippen molar-refractivity contribution in [3.63, 3.8) is 0 Å². The first-order valence-electron chi connectivity index (χ1n) is 16.2. The monoisotopic (exact) mass is 630 g/mol. The van der Waals surface area contributed by atoms with Crippen molar-refractivity contribution in [3.8, 4) is 0 Å². The average molecular weight is 631 g/mol. The Morgan fingerprint density at radius 3 is 2.54 bits per heavy atom. The highest BCUT2D eigenvalue weighted by Gasteiger charge is 2.41. The van der Waals surface area contributed by atoms with E-state index in [1.807, 2.05) is 31.3 Å². The number of methoxy groups -OCH3 is 1. The minimum Gasteiger partial charge on any atom is -0.505 e. The van der Waals surface area contributed by atoms with Gasteiger partial charge >= 0.3 is 5.97 Å². The van der Waals surface area contributed by atoms with Crippen LogP contribution in [-0.2, 0) is 16.6 Å². The number of carboxylic acid groups (broad SMARTS) is 1. The number of carbonyl (C=O) groups is 3. The van der Waals surface area contributed by atoms with Gasteiger partial charge in [-0.2, -0.15) is 0 Å². The Morgan fingerprint density at radius 2 is 1.85 bits per heavy atom. The summed E-state index contributed by atoms with van der Waals surface area (Å²) in [5, 5.41) is 22.9. The fraction of sp³-hybridized carbons (Fsp3) is 0.457. The van der Waals surface area contributed by atoms with Crippen molar-refractivity contribution >= 4 is 45.7 Å². The van der Waals surface area contributed by atoms with Gasteiger partial charge in [-0.1, -0.05) is 19.3 Å². The van der Waals surface area contributed by atoms with Crippen molar-refractivity contribution in [1.29, 1.82) is 0 Å². The number of carboxylic acids is 1. The highest BCUT2D eigenvalue weighted by Crippen LogP contribution is 2.34. The SMILES string of the molecule is CNc1cc(C(=O)NC2(C(=O)Nc3ccc4c(c3)cc(C(=O)O)n4C)CCNCC2)ccc1N(CC/C=C\OC)C1CCCCC1. The van der Waals surface area contributed by atoms with Gasteiger partial charge in [-0.05, 0) is 93.7 Å². The van der Waals surface area contributed by atoms with E-state index in [4.69, 9.17) is 4.74 Å². The molecule has 2 fully saturated rings. The summed E-state index contributed by atoms with van der Waals surface area (Å²) >= 11 is 0. The highest BCUT2D eigenvalue weighted by atomic mass is 16.5. The zero-order valence-corrected chi connectivity index (χ0v) is 27.0. The number of amides is 2. The molecule has 5 N–H and O–H groups in total. The van der Waals surface area contributed by atoms with Gasteiger partial charge in [0.1, 0.15) is 11.2 Å². The first kappa shape index (κ1) is 32.9. The van der Waals surface area contributed by atoms with Crippen LogP contribution < -0.4 is 26.2 Å². The summed E-state index contributed by atoms with van der Waals surface area (Å²) in [6.07, 6.45) is 11.4. The van der Waals surface area contributed by atoms with E-state index in [9.17, 15) is 19.5 Å². The van der Waals surface area contributed by atoms with E-state index in [1.165, 1.54) is 19.3 Å². The quantitative estimate of drug-likeness (QED) is 0.175. The lowest BCUT2D eigenvalue weighted by Gasteiger charge is -2.38. The van der Waals surface area contributed by atoms with Crippen LogP contribution in [0.25, 0.3) is 10.9 Å². The van der Waals surface area contributed by atoms with E-state index in [1.54, 1.807) is 49.3 Å². The molecule has 0 radical (unpaired) electrons. The number of nitrogens with zero attached hydrogens (tertiary/aromatic N) is 2. The summed E-state index contributed by atoms with van der Waals surface area (Å²) in [5.41, 5.74) is 2.75. The maximum absolute atomic E-state index is 13.9. The van der Waals surface area contributed by atoms with E-state index in [-0.39, 0.29) is 17.5 Å². The van der Waals surface area contributed by atoms with E-state index in [2.05, 4.69) is 26.2 Å². The van der Waals surface area contributed by atoms with Crippen LogP contribution in [0.3, 0.4) is 0 Å². The highest BCUT2D eigenvalue weighted by molar-refractivity contribution is 6.05. The lowest BCUT2D eigenvalue weighted by atomic mass is 9.86. The lowest BCUT2D eigenvalue weighted by Crippen LogP contribution is -2.61. The molecule has 1 saturated heterocycles. The summed E-state index contributed by atoms with van der Waals surface area (Å²) < 4.78 is 6.71. The minimum atomic E-state index is -1.11. The van der Waals surface area contributed by atoms with Crippen LogP contribution in [0.1, 0.15) is 72.2 Å². The van der Waals surface area contributed by atoms with Gasteiger partial charge in [0.25, 0.3) is 5.91 Å². The number of hydrogen-bond donors (Lipinski definition) is 5. The molecule has 11 nitrogen and oxygen atoms in total. The Kier molecular flexibility index (Phi) is 10.5. The molecule has 0 atom stereocenters. The molecule has 2 amide bonds. The van der Waals surface area contributed by atoms with Gasteiger partial charge in [-0.15, -0.1) is 0 Å². The number of aromatic carboxylic acids is 1. The van der Waals surface area contributed by atoms with Crippen LogP contribution in [0.2, 0.25) is 0 Å². The molecule has 0 unspecified atom stereocenters. The van der Waals surface area contributed by atoms with Crippen molar-refractivity contribution in [2.45, 2.75) is 62.9 Å². The number of fused-ring (bicyclic) bond motifs is 1. The van der Waals surface area contributed by atoms with Gasteiger partial charge in [-0.3, -0.25) is 9.59 Å². The molecule has 46 heavy (non-hydrogen) atoms. The van der Waals surface area contributed by atoms with Crippen LogP contribution in [0.4, 0.5) is 17.1 Å². The molecule has 3 aromatic rings. The van der Waals surface area contributed by atoms with E-state index in [0.29, 0.717) is 48.6 Å². The van der Waals surface area contributed by atoms with Gasteiger partial charge in [0.15, 0.2) is 0 Å². The minimum absolute atomic E-state index is 0.164. The summed E-state index contributed by atoms with van der Waals surface area (Å²) in [7, 11) is 5.22. The molecule has 2 heterocycles. The number of benzene rings is 2. The second kappa shape index (κ2) is 14.7. The fourth-order valence-electron chi connectivity index (χ4n) is 6.83. The Morgan fingerprint density at radius 1 is 1.09 bits per heavy atom. The number of anilines is 3. The van der Waals surface area contributed by atoms with Gasteiger partial charge in [0.05, 0.1) is 24.7 Å². The Labute approximate surface area is 270 Å². The smallest absolute Gasteiger partial charge is 0.352 e. The van der Waals surface area contributed by atoms with Gasteiger partial charge in [-0.25, -0.2) is 4.79 Å². The van der Waals surface area contributed by atoms with Crippen LogP contribution in [0, 0.1) is 0 Å². The number of ether oxygens (including phenoxy) is 1. The normalized spacial score (nSPS) is 16.7. The van der Waals surface area contributed by atoms with Crippen molar-refractivity contribution < 1.29 is 24.2 Å². The van der Waals surface area contributed by atoms with Gasteiger partial charge < -0.3 is 40.6 Å². The Hall–Kier alpha value is -4.51. The summed E-state index contributed by atoms with van der Waals surface area (Å²) in [6, 6.07) is 13.1. The first-order valence-corrected chi connectivity index (χ1v) is 16.2. The molecule has 0 bridgehead atoms. The van der Waals surface area contributed by atoms with E-state index >= 15 is 0 Å². The standard InChI is InChI=1S/C35H46N6O5/c1-36-28-22-24(11-13-30(28)41(19-7-8-20-46-3)27-9-5-4-6-10-27)32(42)39-35(15-17-37-18-16-35)34(45)38-26-12-14-29-25(21-26)23-31(33(43)44)40(29)2/h8,11-14,20-23,27,36-37H,4-7,9-10,15-19H2,1-3H3,(H,38,45)(H,39,42)(H,43,44)/b20-8-. The number of piperidine rings is 1. The molecule has 5 rings (SSSR count). The van der Waals surface area contributed by atoms with Crippen LogP contribution in [0.15, 0.2) is 54.8 Å². The van der Waals surface area contributed by atoms with Crippen LogP contribution in [-0.4, -0.2) is 72.8 Å². The largest absolute Gasteiger partial charge is 0.505 e. The second-order valence-corrected chi connectivity index (χ2v) is 12.3. The predicted octanol–water partition coefficient (Wildman–Crippen LogP) is 5.10. The fourth-order valence-corrected chi connectivity index (χ4v) is 6.83. The maximum atomic E-state index is 13.9. The molecule has 2 aliphatic rings. The molecule has 1 aromatic heterocycles. The topological polar surface area (TPSA) is 137 Å². The molecule has 0 spiro atoms.